The molecule has 0 saturated heterocycles. The van der Waals surface area contributed by atoms with E-state index in [-0.39, 0.29) is 0 Å². The third-order valence-electron chi connectivity index (χ3n) is 1.48. The van der Waals surface area contributed by atoms with Crippen LogP contribution in [0.5, 0.6) is 0 Å². The molecule has 0 spiro atoms. The van der Waals surface area contributed by atoms with E-state index in [2.05, 4.69) is 12.2 Å². The first-order valence-corrected chi connectivity index (χ1v) is 3.44. The van der Waals surface area contributed by atoms with Crippen LogP contribution in [-0.4, -0.2) is 7.05 Å². The third kappa shape index (κ3) is 1.39. The minimum atomic E-state index is 0.819. The summed E-state index contributed by atoms with van der Waals surface area (Å²) in [6.45, 7) is 4.84. The first kappa shape index (κ1) is 7.35. The molecule has 0 fully saturated rings. The summed E-state index contributed by atoms with van der Waals surface area (Å²) in [6, 6.07) is 2.05. The maximum absolute atomic E-state index is 5.39. The molecule has 0 unspecified atom stereocenters. The Labute approximate surface area is 61.2 Å². The predicted octanol–water partition coefficient (Wildman–Crippen LogP) is 1.62. The van der Waals surface area contributed by atoms with Crippen molar-refractivity contribution in [2.24, 2.45) is 0 Å². The normalized spacial score (nSPS) is 10.3. The van der Waals surface area contributed by atoms with Crippen LogP contribution in [0, 0.1) is 13.8 Å². The Hall–Kier alpha value is -0.760. The zero-order valence-corrected chi connectivity index (χ0v) is 6.69. The summed E-state index contributed by atoms with van der Waals surface area (Å²) >= 11 is 0. The minimum Gasteiger partial charge on any atom is -0.465 e. The highest BCUT2D eigenvalue weighted by Gasteiger charge is 2.01. The fraction of sp³-hybridized carbons (Fsp3) is 0.500. The van der Waals surface area contributed by atoms with E-state index in [4.69, 9.17) is 4.42 Å². The molecule has 0 aliphatic rings. The average molecular weight is 139 g/mol. The molecule has 1 aromatic rings. The van der Waals surface area contributed by atoms with E-state index in [1.54, 1.807) is 0 Å². The molecule has 0 bridgehead atoms. The van der Waals surface area contributed by atoms with E-state index in [0.29, 0.717) is 0 Å². The van der Waals surface area contributed by atoms with Crippen molar-refractivity contribution in [1.82, 2.24) is 5.32 Å². The van der Waals surface area contributed by atoms with Gasteiger partial charge in [-0.3, -0.25) is 0 Å². The van der Waals surface area contributed by atoms with Gasteiger partial charge >= 0.3 is 0 Å². The quantitative estimate of drug-likeness (QED) is 0.673. The van der Waals surface area contributed by atoms with Gasteiger partial charge in [-0.2, -0.15) is 0 Å². The molecule has 1 aromatic heterocycles. The summed E-state index contributed by atoms with van der Waals surface area (Å²) in [5.74, 6) is 2.03. The largest absolute Gasteiger partial charge is 0.465 e. The van der Waals surface area contributed by atoms with Gasteiger partial charge in [0.1, 0.15) is 11.5 Å². The topological polar surface area (TPSA) is 25.2 Å². The summed E-state index contributed by atoms with van der Waals surface area (Å²) in [5, 5.41) is 3.04. The van der Waals surface area contributed by atoms with Crippen LogP contribution in [0.4, 0.5) is 0 Å². The van der Waals surface area contributed by atoms with Gasteiger partial charge in [0.25, 0.3) is 0 Å². The smallest absolute Gasteiger partial charge is 0.120 e. The highest BCUT2D eigenvalue weighted by molar-refractivity contribution is 5.18. The Kier molecular flexibility index (Phi) is 2.12. The van der Waals surface area contributed by atoms with Crippen molar-refractivity contribution < 1.29 is 4.42 Å². The van der Waals surface area contributed by atoms with E-state index in [1.807, 2.05) is 20.0 Å². The van der Waals surface area contributed by atoms with Crippen LogP contribution in [0.15, 0.2) is 10.5 Å². The monoisotopic (exact) mass is 139 g/mol. The lowest BCUT2D eigenvalue weighted by Crippen LogP contribution is -2.04. The molecule has 1 heterocycles. The predicted molar refractivity (Wildman–Crippen MR) is 40.9 cm³/mol. The van der Waals surface area contributed by atoms with E-state index in [0.717, 1.165) is 18.1 Å². The van der Waals surface area contributed by atoms with Crippen molar-refractivity contribution in [2.45, 2.75) is 20.4 Å². The molecule has 0 aromatic carbocycles. The van der Waals surface area contributed by atoms with Gasteiger partial charge in [0, 0.05) is 0 Å². The highest BCUT2D eigenvalue weighted by Crippen LogP contribution is 2.12. The van der Waals surface area contributed by atoms with Gasteiger partial charge < -0.3 is 9.73 Å². The van der Waals surface area contributed by atoms with Crippen molar-refractivity contribution in [3.05, 3.63) is 23.2 Å². The van der Waals surface area contributed by atoms with E-state index in [1.165, 1.54) is 5.56 Å². The molecule has 0 aliphatic carbocycles. The number of rotatable bonds is 2. The number of aryl methyl sites for hydroxylation is 2. The van der Waals surface area contributed by atoms with Crippen LogP contribution >= 0.6 is 0 Å². The molecule has 0 amide bonds. The van der Waals surface area contributed by atoms with Crippen LogP contribution in [0.1, 0.15) is 17.1 Å². The van der Waals surface area contributed by atoms with Gasteiger partial charge in [-0.1, -0.05) is 0 Å². The van der Waals surface area contributed by atoms with Crippen molar-refractivity contribution in [1.29, 1.82) is 0 Å². The molecule has 56 valence electrons. The molecular weight excluding hydrogens is 126 g/mol. The Morgan fingerprint density at radius 2 is 2.20 bits per heavy atom. The van der Waals surface area contributed by atoms with Crippen molar-refractivity contribution >= 4 is 0 Å². The fourth-order valence-electron chi connectivity index (χ4n) is 1.03. The van der Waals surface area contributed by atoms with Crippen LogP contribution < -0.4 is 5.32 Å². The molecule has 0 saturated carbocycles. The second-order valence-electron chi connectivity index (χ2n) is 2.49. The number of nitrogens with one attached hydrogen (secondary N) is 1. The van der Waals surface area contributed by atoms with Gasteiger partial charge in [0.05, 0.1) is 6.54 Å². The number of hydrogen-bond acceptors (Lipinski definition) is 2. The molecule has 1 rings (SSSR count). The van der Waals surface area contributed by atoms with Crippen molar-refractivity contribution in [3.63, 3.8) is 0 Å². The molecular formula is C8H13NO. The minimum absolute atomic E-state index is 0.819. The van der Waals surface area contributed by atoms with Gasteiger partial charge in [0.2, 0.25) is 0 Å². The molecule has 2 heteroatoms. The first-order chi connectivity index (χ1) is 4.74. The lowest BCUT2D eigenvalue weighted by molar-refractivity contribution is 0.469. The first-order valence-electron chi connectivity index (χ1n) is 3.44. The summed E-state index contributed by atoms with van der Waals surface area (Å²) < 4.78 is 5.39. The fourth-order valence-corrected chi connectivity index (χ4v) is 1.03. The van der Waals surface area contributed by atoms with Gasteiger partial charge in [-0.05, 0) is 32.5 Å². The molecule has 10 heavy (non-hydrogen) atoms. The molecule has 0 radical (unpaired) electrons. The van der Waals surface area contributed by atoms with Crippen LogP contribution in [-0.2, 0) is 6.54 Å². The summed E-state index contributed by atoms with van der Waals surface area (Å²) in [5.41, 5.74) is 1.23. The molecule has 2 nitrogen and oxygen atoms in total. The van der Waals surface area contributed by atoms with E-state index >= 15 is 0 Å². The standard InChI is InChI=1S/C8H13NO/c1-6-4-7(2)10-8(6)5-9-3/h4,9H,5H2,1-3H3. The maximum Gasteiger partial charge on any atom is 0.120 e. The summed E-state index contributed by atoms with van der Waals surface area (Å²) in [7, 11) is 1.91. The van der Waals surface area contributed by atoms with Crippen molar-refractivity contribution in [3.8, 4) is 0 Å². The maximum atomic E-state index is 5.39. The number of hydrogen-bond donors (Lipinski definition) is 1. The Balaban J connectivity index is 2.81. The van der Waals surface area contributed by atoms with Crippen LogP contribution in [0.2, 0.25) is 0 Å². The third-order valence-corrected chi connectivity index (χ3v) is 1.48. The Morgan fingerprint density at radius 3 is 2.60 bits per heavy atom. The van der Waals surface area contributed by atoms with Gasteiger partial charge in [0.15, 0.2) is 0 Å². The van der Waals surface area contributed by atoms with E-state index < -0.39 is 0 Å². The Bertz CT molecular complexity index is 215. The lowest BCUT2D eigenvalue weighted by atomic mass is 10.3. The zero-order valence-electron chi connectivity index (χ0n) is 6.69. The highest BCUT2D eigenvalue weighted by atomic mass is 16.3. The van der Waals surface area contributed by atoms with Gasteiger partial charge in [-0.15, -0.1) is 0 Å². The van der Waals surface area contributed by atoms with Crippen LogP contribution in [0.3, 0.4) is 0 Å². The van der Waals surface area contributed by atoms with Gasteiger partial charge in [-0.25, -0.2) is 0 Å². The summed E-state index contributed by atoms with van der Waals surface area (Å²) in [4.78, 5) is 0. The number of furan rings is 1. The molecule has 1 N–H and O–H groups in total. The molecule has 0 aliphatic heterocycles. The van der Waals surface area contributed by atoms with Crippen LogP contribution in [0.25, 0.3) is 0 Å². The zero-order chi connectivity index (χ0) is 7.56. The summed E-state index contributed by atoms with van der Waals surface area (Å²) in [6.07, 6.45) is 0. The van der Waals surface area contributed by atoms with E-state index in [9.17, 15) is 0 Å². The average Bonchev–Trinajstić information content (AvgIpc) is 2.13. The molecule has 0 atom stereocenters. The SMILES string of the molecule is CNCc1oc(C)cc1C. The second kappa shape index (κ2) is 2.88. The lowest BCUT2D eigenvalue weighted by Gasteiger charge is -1.94. The Morgan fingerprint density at radius 1 is 1.50 bits per heavy atom. The van der Waals surface area contributed by atoms with Crippen molar-refractivity contribution in [2.75, 3.05) is 7.05 Å². The second-order valence-corrected chi connectivity index (χ2v) is 2.49.